The Morgan fingerprint density at radius 3 is 2.76 bits per heavy atom. The molecule has 7 heteroatoms. The second kappa shape index (κ2) is 5.59. The van der Waals surface area contributed by atoms with Crippen molar-refractivity contribution in [3.8, 4) is 6.07 Å². The van der Waals surface area contributed by atoms with E-state index in [1.807, 2.05) is 0 Å². The van der Waals surface area contributed by atoms with E-state index in [1.54, 1.807) is 4.90 Å². The van der Waals surface area contributed by atoms with Crippen LogP contribution < -0.4 is 5.32 Å². The first-order valence-corrected chi connectivity index (χ1v) is 9.53. The van der Waals surface area contributed by atoms with Crippen molar-refractivity contribution in [2.45, 2.75) is 67.9 Å². The molecule has 1 saturated heterocycles. The summed E-state index contributed by atoms with van der Waals surface area (Å²) in [6.07, 6.45) is 5.43. The van der Waals surface area contributed by atoms with E-state index in [0.29, 0.717) is 32.2 Å². The largest absolute Gasteiger partial charge is 0.390 e. The fourth-order valence-corrected chi connectivity index (χ4v) is 6.89. The number of nitriles is 1. The molecule has 0 aromatic heterocycles. The summed E-state index contributed by atoms with van der Waals surface area (Å²) in [7, 11) is 0. The van der Waals surface area contributed by atoms with Crippen LogP contribution in [0, 0.1) is 22.7 Å². The second-order valence-corrected chi connectivity index (χ2v) is 9.52. The van der Waals surface area contributed by atoms with Crippen LogP contribution in [0.25, 0.3) is 0 Å². The highest BCUT2D eigenvalue weighted by atomic mass is 35.5. The summed E-state index contributed by atoms with van der Waals surface area (Å²) in [5.41, 5.74) is -1.50. The van der Waals surface area contributed by atoms with Gasteiger partial charge in [0.25, 0.3) is 0 Å². The predicted octanol–water partition coefficient (Wildman–Crippen LogP) is 1.31. The van der Waals surface area contributed by atoms with Crippen molar-refractivity contribution in [2.24, 2.45) is 11.3 Å². The third kappa shape index (κ3) is 2.82. The number of nitrogens with zero attached hydrogens (tertiary/aromatic N) is 2. The molecule has 0 aromatic carbocycles. The number of hydrogen-bond acceptors (Lipinski definition) is 4. The summed E-state index contributed by atoms with van der Waals surface area (Å²) in [6.45, 7) is 0.488. The van der Waals surface area contributed by atoms with Crippen LogP contribution in [-0.4, -0.2) is 51.4 Å². The first-order chi connectivity index (χ1) is 11.8. The van der Waals surface area contributed by atoms with Gasteiger partial charge >= 0.3 is 0 Å². The monoisotopic (exact) mass is 365 g/mol. The molecule has 136 valence electrons. The molecule has 4 aliphatic carbocycles. The highest BCUT2D eigenvalue weighted by Crippen LogP contribution is 2.65. The third-order valence-electron chi connectivity index (χ3n) is 6.58. The quantitative estimate of drug-likeness (QED) is 0.737. The van der Waals surface area contributed by atoms with Crippen molar-refractivity contribution in [2.75, 3.05) is 13.1 Å². The van der Waals surface area contributed by atoms with Crippen LogP contribution >= 0.6 is 11.6 Å². The summed E-state index contributed by atoms with van der Waals surface area (Å²) in [4.78, 5) is 26.4. The molecular formula is C18H24ClN3O3. The molecule has 4 unspecified atom stereocenters. The Bertz CT molecular complexity index is 642. The second-order valence-electron chi connectivity index (χ2n) is 8.72. The van der Waals surface area contributed by atoms with Crippen molar-refractivity contribution in [3.63, 3.8) is 0 Å². The maximum absolute atomic E-state index is 12.9. The molecule has 0 spiro atoms. The molecule has 1 aliphatic heterocycles. The summed E-state index contributed by atoms with van der Waals surface area (Å²) in [6, 6.07) is 1.76. The zero-order chi connectivity index (χ0) is 17.9. The molecule has 6 nitrogen and oxygen atoms in total. The molecule has 5 fully saturated rings. The summed E-state index contributed by atoms with van der Waals surface area (Å²) in [5.74, 6) is -0.0933. The summed E-state index contributed by atoms with van der Waals surface area (Å²) >= 11 is 6.71. The Morgan fingerprint density at radius 2 is 2.08 bits per heavy atom. The number of carbonyl (C=O) groups is 2. The Balaban J connectivity index is 1.43. The molecule has 4 bridgehead atoms. The normalized spacial score (nSPS) is 44.6. The van der Waals surface area contributed by atoms with E-state index >= 15 is 0 Å². The number of halogens is 1. The van der Waals surface area contributed by atoms with Crippen LogP contribution in [-0.2, 0) is 9.59 Å². The molecule has 2 N–H and O–H groups in total. The predicted molar refractivity (Wildman–Crippen MR) is 90.5 cm³/mol. The van der Waals surface area contributed by atoms with E-state index in [9.17, 15) is 14.7 Å². The summed E-state index contributed by atoms with van der Waals surface area (Å²) < 4.78 is 0. The lowest BCUT2D eigenvalue weighted by Crippen LogP contribution is -2.65. The molecular weight excluding hydrogens is 342 g/mol. The number of likely N-dealkylation sites (tertiary alicyclic amines) is 1. The number of amides is 2. The number of hydrogen-bond donors (Lipinski definition) is 2. The van der Waals surface area contributed by atoms with Crippen molar-refractivity contribution < 1.29 is 14.7 Å². The third-order valence-corrected chi connectivity index (χ3v) is 7.00. The molecule has 25 heavy (non-hydrogen) atoms. The Labute approximate surface area is 152 Å². The summed E-state index contributed by atoms with van der Waals surface area (Å²) in [5, 5.41) is 22.7. The van der Waals surface area contributed by atoms with Crippen molar-refractivity contribution >= 4 is 23.4 Å². The molecule has 0 aromatic rings. The van der Waals surface area contributed by atoms with E-state index < -0.39 is 15.9 Å². The van der Waals surface area contributed by atoms with Crippen LogP contribution in [0.2, 0.25) is 0 Å². The fourth-order valence-electron chi connectivity index (χ4n) is 6.17. The number of aliphatic hydroxyl groups is 1. The van der Waals surface area contributed by atoms with E-state index in [4.69, 9.17) is 16.9 Å². The van der Waals surface area contributed by atoms with Gasteiger partial charge in [0.2, 0.25) is 11.8 Å². The van der Waals surface area contributed by atoms with Crippen molar-refractivity contribution in [1.82, 2.24) is 10.2 Å². The van der Waals surface area contributed by atoms with Crippen LogP contribution in [0.5, 0.6) is 0 Å². The highest BCUT2D eigenvalue weighted by Gasteiger charge is 2.65. The van der Waals surface area contributed by atoms with Gasteiger partial charge in [0, 0.05) is 11.4 Å². The van der Waals surface area contributed by atoms with Gasteiger partial charge in [0.1, 0.15) is 6.04 Å². The molecule has 0 radical (unpaired) electrons. The zero-order valence-electron chi connectivity index (χ0n) is 14.3. The van der Waals surface area contributed by atoms with Gasteiger partial charge < -0.3 is 15.3 Å². The van der Waals surface area contributed by atoms with Gasteiger partial charge in [-0.05, 0) is 57.3 Å². The van der Waals surface area contributed by atoms with Gasteiger partial charge in [-0.1, -0.05) is 0 Å². The maximum Gasteiger partial charge on any atom is 0.243 e. The van der Waals surface area contributed by atoms with Crippen LogP contribution in [0.3, 0.4) is 0 Å². The van der Waals surface area contributed by atoms with Crippen LogP contribution in [0.15, 0.2) is 0 Å². The number of carbonyl (C=O) groups excluding carboxylic acids is 2. The molecule has 5 rings (SSSR count). The number of nitrogens with one attached hydrogen (secondary N) is 1. The lowest BCUT2D eigenvalue weighted by molar-refractivity contribution is -0.173. The van der Waals surface area contributed by atoms with Gasteiger partial charge in [0.15, 0.2) is 0 Å². The smallest absolute Gasteiger partial charge is 0.243 e. The van der Waals surface area contributed by atoms with E-state index in [-0.39, 0.29) is 30.3 Å². The molecule has 1 heterocycles. The standard InChI is InChI=1S/C18H24ClN3O3/c19-17-5-12-4-16(9-17,10-18(25,6-12)11-17)15(24)21-8-14(23)22-3-1-2-13(22)7-20/h12-13,25H,1-6,8-11H2,(H,21,24)/t12?,13-,16?,17?,18?/m0/s1. The molecule has 5 aliphatic rings. The minimum Gasteiger partial charge on any atom is -0.390 e. The Hall–Kier alpha value is -1.32. The average Bonchev–Trinajstić information content (AvgIpc) is 2.97. The lowest BCUT2D eigenvalue weighted by atomic mass is 9.47. The van der Waals surface area contributed by atoms with Gasteiger partial charge in [-0.15, -0.1) is 11.6 Å². The lowest BCUT2D eigenvalue weighted by Gasteiger charge is -2.62. The molecule has 2 amide bonds. The van der Waals surface area contributed by atoms with Crippen LogP contribution in [0.4, 0.5) is 0 Å². The highest BCUT2D eigenvalue weighted by molar-refractivity contribution is 6.24. The minimum absolute atomic E-state index is 0.0862. The maximum atomic E-state index is 12.9. The first-order valence-electron chi connectivity index (χ1n) is 9.15. The SMILES string of the molecule is N#C[C@@H]1CCCN1C(=O)CNC(=O)C12CC3CC(O)(CC(Cl)(C3)C1)C2. The Kier molecular flexibility index (Phi) is 3.82. The van der Waals surface area contributed by atoms with Crippen molar-refractivity contribution in [1.29, 1.82) is 5.26 Å². The average molecular weight is 366 g/mol. The van der Waals surface area contributed by atoms with E-state index in [0.717, 1.165) is 25.7 Å². The number of alkyl halides is 1. The van der Waals surface area contributed by atoms with E-state index in [1.165, 1.54) is 0 Å². The van der Waals surface area contributed by atoms with Crippen molar-refractivity contribution in [3.05, 3.63) is 0 Å². The fraction of sp³-hybridized carbons (Fsp3) is 0.833. The van der Waals surface area contributed by atoms with Gasteiger partial charge in [-0.25, -0.2) is 0 Å². The van der Waals surface area contributed by atoms with Crippen LogP contribution in [0.1, 0.15) is 51.4 Å². The van der Waals surface area contributed by atoms with Gasteiger partial charge in [0.05, 0.1) is 23.6 Å². The zero-order valence-corrected chi connectivity index (χ0v) is 15.0. The van der Waals surface area contributed by atoms with Gasteiger partial charge in [-0.3, -0.25) is 9.59 Å². The van der Waals surface area contributed by atoms with E-state index in [2.05, 4.69) is 11.4 Å². The van der Waals surface area contributed by atoms with Gasteiger partial charge in [-0.2, -0.15) is 5.26 Å². The molecule has 5 atom stereocenters. The molecule has 4 saturated carbocycles. The topological polar surface area (TPSA) is 93.4 Å². The first kappa shape index (κ1) is 17.1. The Morgan fingerprint density at radius 1 is 1.28 bits per heavy atom. The minimum atomic E-state index is -0.844. The number of rotatable bonds is 3.